The van der Waals surface area contributed by atoms with Crippen LogP contribution in [0.3, 0.4) is 0 Å². The molecule has 1 aromatic heterocycles. The fourth-order valence-corrected chi connectivity index (χ4v) is 1.72. The molecule has 4 nitrogen and oxygen atoms in total. The lowest BCUT2D eigenvalue weighted by Gasteiger charge is -2.29. The average molecular weight is 192 g/mol. The predicted octanol–water partition coefficient (Wildman–Crippen LogP) is 1.85. The van der Waals surface area contributed by atoms with Crippen molar-refractivity contribution in [3.05, 3.63) is 24.0 Å². The number of rotatable bonds is 0. The van der Waals surface area contributed by atoms with Crippen molar-refractivity contribution in [2.45, 2.75) is 20.8 Å². The molecule has 2 rings (SSSR count). The third-order valence-electron chi connectivity index (χ3n) is 2.68. The van der Waals surface area contributed by atoms with E-state index in [1.165, 1.54) is 4.57 Å². The number of carbonyl (C=O) groups excluding carboxylic acids is 1. The maximum Gasteiger partial charge on any atom is 0.245 e. The number of carbonyl (C=O) groups is 1. The first-order chi connectivity index (χ1) is 6.46. The molecule has 0 aliphatic carbocycles. The molecule has 0 amide bonds. The lowest BCUT2D eigenvalue weighted by molar-refractivity contribution is 0.0723. The molecule has 74 valence electrons. The first-order valence-corrected chi connectivity index (χ1v) is 4.45. The summed E-state index contributed by atoms with van der Waals surface area (Å²) in [6.07, 6.45) is 3.18. The van der Waals surface area contributed by atoms with Crippen molar-refractivity contribution in [1.82, 2.24) is 9.55 Å². The molecule has 0 aromatic carbocycles. The van der Waals surface area contributed by atoms with Gasteiger partial charge in [-0.05, 0) is 20.8 Å². The highest BCUT2D eigenvalue weighted by Gasteiger charge is 2.40. The van der Waals surface area contributed by atoms with E-state index in [0.29, 0.717) is 11.4 Å². The van der Waals surface area contributed by atoms with Gasteiger partial charge in [0.2, 0.25) is 5.91 Å². The summed E-state index contributed by atoms with van der Waals surface area (Å²) in [7, 11) is 0. The first kappa shape index (κ1) is 8.99. The number of hydrogen-bond acceptors (Lipinski definition) is 3. The van der Waals surface area contributed by atoms with E-state index in [0.717, 1.165) is 0 Å². The highest BCUT2D eigenvalue weighted by atomic mass is 16.3. The summed E-state index contributed by atoms with van der Waals surface area (Å²) in [5.41, 5.74) is -0.183. The summed E-state index contributed by atoms with van der Waals surface area (Å²) in [6, 6.07) is 0. The Morgan fingerprint density at radius 2 is 2.14 bits per heavy atom. The summed E-state index contributed by atoms with van der Waals surface area (Å²) in [4.78, 5) is 15.9. The second-order valence-corrected chi connectivity index (χ2v) is 4.02. The third kappa shape index (κ3) is 0.880. The molecule has 1 N–H and O–H groups in total. The zero-order valence-corrected chi connectivity index (χ0v) is 8.40. The summed E-state index contributed by atoms with van der Waals surface area (Å²) in [6.45, 7) is 5.18. The van der Waals surface area contributed by atoms with Gasteiger partial charge in [0.05, 0.1) is 0 Å². The molecule has 0 saturated heterocycles. The second kappa shape index (κ2) is 2.47. The Hall–Kier alpha value is -1.58. The Morgan fingerprint density at radius 1 is 1.50 bits per heavy atom. The topological polar surface area (TPSA) is 55.1 Å². The van der Waals surface area contributed by atoms with Gasteiger partial charge in [-0.15, -0.1) is 0 Å². The third-order valence-corrected chi connectivity index (χ3v) is 2.68. The van der Waals surface area contributed by atoms with Crippen LogP contribution >= 0.6 is 0 Å². The van der Waals surface area contributed by atoms with Gasteiger partial charge in [0.25, 0.3) is 0 Å². The molecule has 0 atom stereocenters. The minimum Gasteiger partial charge on any atom is -0.511 e. The quantitative estimate of drug-likeness (QED) is 0.682. The minimum absolute atomic E-state index is 0.112. The van der Waals surface area contributed by atoms with Gasteiger partial charge < -0.3 is 5.11 Å². The zero-order chi connectivity index (χ0) is 10.5. The number of nitrogens with zero attached hydrogens (tertiary/aromatic N) is 2. The molecule has 2 heterocycles. The van der Waals surface area contributed by atoms with Crippen LogP contribution in [0.4, 0.5) is 0 Å². The molecule has 0 bridgehead atoms. The van der Waals surface area contributed by atoms with E-state index >= 15 is 0 Å². The summed E-state index contributed by atoms with van der Waals surface area (Å²) >= 11 is 0. The number of aromatic nitrogens is 2. The molecule has 1 aliphatic rings. The molecular weight excluding hydrogens is 180 g/mol. The lowest BCUT2D eigenvalue weighted by Crippen LogP contribution is -2.36. The van der Waals surface area contributed by atoms with Crippen molar-refractivity contribution in [2.75, 3.05) is 0 Å². The zero-order valence-electron chi connectivity index (χ0n) is 8.40. The standard InChI is InChI=1S/C10H12N2O2/c1-6-7(13)10(2,3)9(14)12-5-4-11-8(6)12/h4-5,13H,1-3H3. The van der Waals surface area contributed by atoms with E-state index in [1.807, 2.05) is 0 Å². The molecule has 4 heteroatoms. The Bertz CT molecular complexity index is 441. The Morgan fingerprint density at radius 3 is 2.79 bits per heavy atom. The highest BCUT2D eigenvalue weighted by molar-refractivity contribution is 5.93. The largest absolute Gasteiger partial charge is 0.511 e. The average Bonchev–Trinajstić information content (AvgIpc) is 2.60. The van der Waals surface area contributed by atoms with Gasteiger partial charge in [-0.25, -0.2) is 4.98 Å². The van der Waals surface area contributed by atoms with Gasteiger partial charge in [0, 0.05) is 18.0 Å². The minimum atomic E-state index is -0.849. The molecule has 1 aliphatic heterocycles. The van der Waals surface area contributed by atoms with E-state index in [9.17, 15) is 9.90 Å². The Kier molecular flexibility index (Phi) is 1.58. The molecule has 0 spiro atoms. The smallest absolute Gasteiger partial charge is 0.245 e. The molecule has 0 saturated carbocycles. The number of aliphatic hydroxyl groups is 1. The second-order valence-electron chi connectivity index (χ2n) is 4.02. The first-order valence-electron chi connectivity index (χ1n) is 4.45. The molecule has 0 fully saturated rings. The van der Waals surface area contributed by atoms with Crippen LogP contribution in [0.1, 0.15) is 31.4 Å². The van der Waals surface area contributed by atoms with Gasteiger partial charge in [0.15, 0.2) is 0 Å². The van der Waals surface area contributed by atoms with Gasteiger partial charge >= 0.3 is 0 Å². The fraction of sp³-hybridized carbons (Fsp3) is 0.400. The van der Waals surface area contributed by atoms with Crippen molar-refractivity contribution in [3.8, 4) is 0 Å². The van der Waals surface area contributed by atoms with Crippen LogP contribution < -0.4 is 0 Å². The monoisotopic (exact) mass is 192 g/mol. The van der Waals surface area contributed by atoms with Crippen molar-refractivity contribution in [1.29, 1.82) is 0 Å². The summed E-state index contributed by atoms with van der Waals surface area (Å²) in [5.74, 6) is 0.501. The van der Waals surface area contributed by atoms with E-state index in [2.05, 4.69) is 4.98 Å². The lowest BCUT2D eigenvalue weighted by atomic mass is 9.84. The molecule has 1 aromatic rings. The highest BCUT2D eigenvalue weighted by Crippen LogP contribution is 2.36. The maximum absolute atomic E-state index is 11.9. The summed E-state index contributed by atoms with van der Waals surface area (Å²) in [5, 5.41) is 9.85. The number of imidazole rings is 1. The maximum atomic E-state index is 11.9. The van der Waals surface area contributed by atoms with E-state index in [4.69, 9.17) is 0 Å². The Balaban J connectivity index is 2.75. The fourth-order valence-electron chi connectivity index (χ4n) is 1.72. The molecule has 14 heavy (non-hydrogen) atoms. The van der Waals surface area contributed by atoms with Crippen LogP contribution in [0, 0.1) is 5.41 Å². The van der Waals surface area contributed by atoms with Crippen LogP contribution in [-0.4, -0.2) is 20.6 Å². The van der Waals surface area contributed by atoms with Crippen molar-refractivity contribution >= 4 is 11.5 Å². The van der Waals surface area contributed by atoms with Gasteiger partial charge in [-0.3, -0.25) is 9.36 Å². The van der Waals surface area contributed by atoms with Crippen LogP contribution in [0.2, 0.25) is 0 Å². The number of aliphatic hydroxyl groups excluding tert-OH is 1. The van der Waals surface area contributed by atoms with Gasteiger partial charge in [-0.2, -0.15) is 0 Å². The van der Waals surface area contributed by atoms with Crippen molar-refractivity contribution in [3.63, 3.8) is 0 Å². The molecular formula is C10H12N2O2. The van der Waals surface area contributed by atoms with Crippen LogP contribution in [0.5, 0.6) is 0 Å². The van der Waals surface area contributed by atoms with Gasteiger partial charge in [0.1, 0.15) is 17.0 Å². The predicted molar refractivity (Wildman–Crippen MR) is 51.9 cm³/mol. The van der Waals surface area contributed by atoms with Gasteiger partial charge in [-0.1, -0.05) is 0 Å². The SMILES string of the molecule is CC1=C(O)C(C)(C)C(=O)n2ccnc21. The number of fused-ring (bicyclic) bond motifs is 1. The molecule has 0 unspecified atom stereocenters. The van der Waals surface area contributed by atoms with Crippen molar-refractivity contribution in [2.24, 2.45) is 5.41 Å². The van der Waals surface area contributed by atoms with E-state index in [1.54, 1.807) is 33.2 Å². The van der Waals surface area contributed by atoms with Crippen LogP contribution in [-0.2, 0) is 0 Å². The Labute approximate surface area is 81.9 Å². The van der Waals surface area contributed by atoms with Crippen molar-refractivity contribution < 1.29 is 9.90 Å². The van der Waals surface area contributed by atoms with E-state index < -0.39 is 5.41 Å². The summed E-state index contributed by atoms with van der Waals surface area (Å²) < 4.78 is 1.48. The van der Waals surface area contributed by atoms with Crippen LogP contribution in [0.15, 0.2) is 18.2 Å². The van der Waals surface area contributed by atoms with Crippen LogP contribution in [0.25, 0.3) is 5.57 Å². The normalized spacial score (nSPS) is 19.8. The number of hydrogen-bond donors (Lipinski definition) is 1. The number of allylic oxidation sites excluding steroid dienone is 2. The van der Waals surface area contributed by atoms with E-state index in [-0.39, 0.29) is 11.7 Å². The molecule has 0 radical (unpaired) electrons.